The van der Waals surface area contributed by atoms with Crippen molar-refractivity contribution in [3.8, 4) is 5.75 Å². The number of hydrogen-bond donors (Lipinski definition) is 0. The number of fused-ring (bicyclic) bond motifs is 2. The molecule has 0 radical (unpaired) electrons. The lowest BCUT2D eigenvalue weighted by atomic mass is 9.78. The van der Waals surface area contributed by atoms with E-state index in [4.69, 9.17) is 9.15 Å². The largest absolute Gasteiger partial charge is 0.497 e. The molecule has 0 bridgehead atoms. The van der Waals surface area contributed by atoms with E-state index >= 15 is 0 Å². The van der Waals surface area contributed by atoms with E-state index in [1.54, 1.807) is 25.3 Å². The monoisotopic (exact) mass is 380 g/mol. The number of ether oxygens (including phenoxy) is 1. The van der Waals surface area contributed by atoms with Gasteiger partial charge in [0.2, 0.25) is 0 Å². The van der Waals surface area contributed by atoms with Crippen LogP contribution in [0.4, 0.5) is 0 Å². The molecule has 5 rings (SSSR count). The third kappa shape index (κ3) is 3.05. The van der Waals surface area contributed by atoms with Gasteiger partial charge >= 0.3 is 0 Å². The van der Waals surface area contributed by atoms with Crippen LogP contribution in [0, 0.1) is 0 Å². The Morgan fingerprint density at radius 1 is 0.931 bits per heavy atom. The second-order valence-corrected chi connectivity index (χ2v) is 7.26. The average Bonchev–Trinajstić information content (AvgIpc) is 2.79. The van der Waals surface area contributed by atoms with Gasteiger partial charge in [-0.05, 0) is 34.9 Å². The molecule has 4 aromatic rings. The van der Waals surface area contributed by atoms with Crippen LogP contribution >= 0.6 is 0 Å². The summed E-state index contributed by atoms with van der Waals surface area (Å²) in [6, 6.07) is 26.0. The first-order chi connectivity index (χ1) is 14.2. The summed E-state index contributed by atoms with van der Waals surface area (Å²) in [6.45, 7) is 0. The van der Waals surface area contributed by atoms with Crippen molar-refractivity contribution in [1.82, 2.24) is 0 Å². The Hall–Kier alpha value is -3.59. The smallest absolute Gasteiger partial charge is 0.200 e. The number of methoxy groups -OCH3 is 1. The van der Waals surface area contributed by atoms with Gasteiger partial charge < -0.3 is 9.15 Å². The Balaban J connectivity index is 1.75. The van der Waals surface area contributed by atoms with Gasteiger partial charge in [0.15, 0.2) is 5.43 Å². The van der Waals surface area contributed by atoms with Crippen LogP contribution < -0.4 is 10.2 Å². The Morgan fingerprint density at radius 3 is 2.38 bits per heavy atom. The van der Waals surface area contributed by atoms with Crippen molar-refractivity contribution in [3.05, 3.63) is 112 Å². The quantitative estimate of drug-likeness (QED) is 0.459. The molecular weight excluding hydrogens is 360 g/mol. The molecular formula is C26H20O3. The molecule has 1 aromatic heterocycles. The minimum Gasteiger partial charge on any atom is -0.497 e. The number of benzene rings is 3. The first-order valence-electron chi connectivity index (χ1n) is 9.70. The molecule has 0 spiro atoms. The fourth-order valence-electron chi connectivity index (χ4n) is 4.11. The molecule has 0 fully saturated rings. The second-order valence-electron chi connectivity index (χ2n) is 7.26. The van der Waals surface area contributed by atoms with Crippen LogP contribution in [0.15, 0.2) is 88.1 Å². The van der Waals surface area contributed by atoms with Crippen LogP contribution in [0.1, 0.15) is 28.4 Å². The van der Waals surface area contributed by atoms with Gasteiger partial charge in [-0.15, -0.1) is 0 Å². The minimum atomic E-state index is 0.00356. The van der Waals surface area contributed by atoms with Crippen LogP contribution in [0.5, 0.6) is 5.75 Å². The standard InChI is InChI=1S/C26H20O3/c1-28-19-12-13-20-24(14-19)29-25-16-22(18-10-6-3-7-11-18)21(15-23(25)26(20)27)17-8-4-2-5-9-17/h2-15,22H,16H2,1H3. The van der Waals surface area contributed by atoms with E-state index in [0.29, 0.717) is 28.7 Å². The minimum absolute atomic E-state index is 0.00356. The summed E-state index contributed by atoms with van der Waals surface area (Å²) in [4.78, 5) is 13.2. The van der Waals surface area contributed by atoms with Crippen molar-refractivity contribution in [2.45, 2.75) is 12.3 Å². The summed E-state index contributed by atoms with van der Waals surface area (Å²) in [5.74, 6) is 1.53. The summed E-state index contributed by atoms with van der Waals surface area (Å²) in [5, 5.41) is 0.575. The number of rotatable bonds is 3. The van der Waals surface area contributed by atoms with Crippen LogP contribution in [0.25, 0.3) is 22.6 Å². The van der Waals surface area contributed by atoms with E-state index in [0.717, 1.165) is 16.9 Å². The molecule has 1 unspecified atom stereocenters. The molecule has 0 saturated heterocycles. The van der Waals surface area contributed by atoms with Crippen molar-refractivity contribution in [2.75, 3.05) is 7.11 Å². The lowest BCUT2D eigenvalue weighted by Gasteiger charge is -2.26. The third-order valence-electron chi connectivity index (χ3n) is 5.59. The van der Waals surface area contributed by atoms with E-state index < -0.39 is 0 Å². The normalized spacial score (nSPS) is 15.6. The molecule has 29 heavy (non-hydrogen) atoms. The topological polar surface area (TPSA) is 39.4 Å². The zero-order chi connectivity index (χ0) is 19.8. The van der Waals surface area contributed by atoms with Crippen LogP contribution in [0.3, 0.4) is 0 Å². The van der Waals surface area contributed by atoms with Crippen molar-refractivity contribution in [3.63, 3.8) is 0 Å². The molecule has 0 saturated carbocycles. The maximum absolute atomic E-state index is 13.2. The summed E-state index contributed by atoms with van der Waals surface area (Å²) in [7, 11) is 1.61. The highest BCUT2D eigenvalue weighted by Gasteiger charge is 2.28. The van der Waals surface area contributed by atoms with Gasteiger partial charge in [-0.25, -0.2) is 0 Å². The molecule has 3 aromatic carbocycles. The summed E-state index contributed by atoms with van der Waals surface area (Å²) < 4.78 is 11.5. The lowest BCUT2D eigenvalue weighted by molar-refractivity contribution is 0.413. The number of hydrogen-bond acceptors (Lipinski definition) is 3. The average molecular weight is 380 g/mol. The molecule has 1 atom stereocenters. The maximum Gasteiger partial charge on any atom is 0.200 e. The summed E-state index contributed by atoms with van der Waals surface area (Å²) in [6.07, 6.45) is 2.66. The zero-order valence-electron chi connectivity index (χ0n) is 16.1. The molecule has 142 valence electrons. The van der Waals surface area contributed by atoms with Gasteiger partial charge in [0.1, 0.15) is 17.1 Å². The lowest BCUT2D eigenvalue weighted by Crippen LogP contribution is -2.18. The van der Waals surface area contributed by atoms with Crippen molar-refractivity contribution in [1.29, 1.82) is 0 Å². The van der Waals surface area contributed by atoms with Crippen molar-refractivity contribution >= 4 is 22.6 Å². The molecule has 1 heterocycles. The second kappa shape index (κ2) is 7.10. The SMILES string of the molecule is COc1ccc2c(=O)c3c(oc2c1)CC(c1ccccc1)C(c1ccccc1)=C3. The maximum atomic E-state index is 13.2. The van der Waals surface area contributed by atoms with Gasteiger partial charge in [-0.3, -0.25) is 4.79 Å². The van der Waals surface area contributed by atoms with E-state index in [1.807, 2.05) is 30.3 Å². The molecule has 0 amide bonds. The molecule has 3 nitrogen and oxygen atoms in total. The van der Waals surface area contributed by atoms with Gasteiger partial charge in [-0.2, -0.15) is 0 Å². The Labute approximate surface area is 168 Å². The van der Waals surface area contributed by atoms with Crippen molar-refractivity contribution < 1.29 is 9.15 Å². The summed E-state index contributed by atoms with van der Waals surface area (Å²) in [5.41, 5.74) is 4.70. The highest BCUT2D eigenvalue weighted by molar-refractivity contribution is 5.90. The van der Waals surface area contributed by atoms with Crippen LogP contribution in [-0.2, 0) is 6.42 Å². The molecule has 1 aliphatic carbocycles. The fourth-order valence-corrected chi connectivity index (χ4v) is 4.11. The molecule has 1 aliphatic rings. The van der Waals surface area contributed by atoms with E-state index in [1.165, 1.54) is 5.56 Å². The highest BCUT2D eigenvalue weighted by atomic mass is 16.5. The van der Waals surface area contributed by atoms with Gasteiger partial charge in [0, 0.05) is 18.4 Å². The van der Waals surface area contributed by atoms with Crippen molar-refractivity contribution in [2.24, 2.45) is 0 Å². The molecule has 0 N–H and O–H groups in total. The van der Waals surface area contributed by atoms with E-state index in [-0.39, 0.29) is 11.3 Å². The third-order valence-corrected chi connectivity index (χ3v) is 5.59. The van der Waals surface area contributed by atoms with Gasteiger partial charge in [0.05, 0.1) is 18.1 Å². The Morgan fingerprint density at radius 2 is 1.66 bits per heavy atom. The first-order valence-corrected chi connectivity index (χ1v) is 9.70. The predicted octanol–water partition coefficient (Wildman–Crippen LogP) is 5.68. The number of allylic oxidation sites excluding steroid dienone is 1. The predicted molar refractivity (Wildman–Crippen MR) is 116 cm³/mol. The zero-order valence-corrected chi connectivity index (χ0v) is 16.1. The Bertz CT molecular complexity index is 1270. The fraction of sp³-hybridized carbons (Fsp3) is 0.115. The Kier molecular flexibility index (Phi) is 4.28. The van der Waals surface area contributed by atoms with E-state index in [9.17, 15) is 4.79 Å². The van der Waals surface area contributed by atoms with E-state index in [2.05, 4.69) is 36.4 Å². The molecule has 0 aliphatic heterocycles. The van der Waals surface area contributed by atoms with Crippen LogP contribution in [-0.4, -0.2) is 7.11 Å². The summed E-state index contributed by atoms with van der Waals surface area (Å²) >= 11 is 0. The molecule has 3 heteroatoms. The highest BCUT2D eigenvalue weighted by Crippen LogP contribution is 2.41. The first kappa shape index (κ1) is 17.5. The van der Waals surface area contributed by atoms with Gasteiger partial charge in [0.25, 0.3) is 0 Å². The van der Waals surface area contributed by atoms with Gasteiger partial charge in [-0.1, -0.05) is 60.7 Å². The van der Waals surface area contributed by atoms with Crippen LogP contribution in [0.2, 0.25) is 0 Å².